The Kier molecular flexibility index (Phi) is 3.83. The summed E-state index contributed by atoms with van der Waals surface area (Å²) in [5.41, 5.74) is 0.839. The zero-order valence-corrected chi connectivity index (χ0v) is 11.6. The number of nitrogens with zero attached hydrogens (tertiary/aromatic N) is 2. The lowest BCUT2D eigenvalue weighted by molar-refractivity contribution is 0.178. The molecule has 1 heterocycles. The zero-order chi connectivity index (χ0) is 13.1. The second kappa shape index (κ2) is 5.74. The van der Waals surface area contributed by atoms with E-state index in [1.54, 1.807) is 0 Å². The summed E-state index contributed by atoms with van der Waals surface area (Å²) in [6, 6.07) is 7.83. The molecule has 1 aromatic heterocycles. The summed E-state index contributed by atoms with van der Waals surface area (Å²) >= 11 is 5.97. The van der Waals surface area contributed by atoms with E-state index >= 15 is 0 Å². The lowest BCUT2D eigenvalue weighted by Crippen LogP contribution is -2.16. The van der Waals surface area contributed by atoms with Crippen molar-refractivity contribution in [2.24, 2.45) is 0 Å². The number of hydrogen-bond acceptors (Lipinski definition) is 3. The van der Waals surface area contributed by atoms with Crippen LogP contribution in [0.2, 0.25) is 5.28 Å². The van der Waals surface area contributed by atoms with E-state index in [-0.39, 0.29) is 11.4 Å². The normalized spacial score (nSPS) is 17.3. The predicted octanol–water partition coefficient (Wildman–Crippen LogP) is 4.38. The Balaban J connectivity index is 1.90. The van der Waals surface area contributed by atoms with Crippen LogP contribution in [0, 0.1) is 0 Å². The quantitative estimate of drug-likeness (QED) is 0.603. The first-order chi connectivity index (χ1) is 9.33. The minimum absolute atomic E-state index is 0.252. The zero-order valence-electron chi connectivity index (χ0n) is 10.8. The van der Waals surface area contributed by atoms with E-state index < -0.39 is 0 Å². The van der Waals surface area contributed by atoms with Gasteiger partial charge in [-0.3, -0.25) is 0 Å². The molecule has 0 bridgehead atoms. The van der Waals surface area contributed by atoms with Gasteiger partial charge in [-0.25, -0.2) is 4.98 Å². The highest BCUT2D eigenvalue weighted by atomic mass is 35.5. The summed E-state index contributed by atoms with van der Waals surface area (Å²) in [6.07, 6.45) is 7.57. The highest BCUT2D eigenvalue weighted by molar-refractivity contribution is 6.28. The Bertz CT molecular complexity index is 565. The van der Waals surface area contributed by atoms with Gasteiger partial charge in [-0.2, -0.15) is 4.98 Å². The second-order valence-corrected chi connectivity index (χ2v) is 5.38. The molecule has 1 saturated carbocycles. The van der Waals surface area contributed by atoms with Crippen molar-refractivity contribution in [3.05, 3.63) is 29.5 Å². The second-order valence-electron chi connectivity index (χ2n) is 5.05. The fourth-order valence-electron chi connectivity index (χ4n) is 2.63. The van der Waals surface area contributed by atoms with Crippen molar-refractivity contribution in [3.8, 4) is 5.88 Å². The third-order valence-corrected chi connectivity index (χ3v) is 3.79. The van der Waals surface area contributed by atoms with Crippen molar-refractivity contribution in [1.82, 2.24) is 9.97 Å². The van der Waals surface area contributed by atoms with E-state index in [1.165, 1.54) is 25.7 Å². The van der Waals surface area contributed by atoms with Crippen LogP contribution in [0.1, 0.15) is 38.5 Å². The van der Waals surface area contributed by atoms with Crippen LogP contribution in [0.15, 0.2) is 24.3 Å². The van der Waals surface area contributed by atoms with E-state index in [1.807, 2.05) is 24.3 Å². The molecule has 1 aliphatic rings. The Labute approximate surface area is 118 Å². The van der Waals surface area contributed by atoms with Gasteiger partial charge in [0.05, 0.1) is 10.9 Å². The first-order valence-electron chi connectivity index (χ1n) is 6.92. The van der Waals surface area contributed by atoms with E-state index in [0.717, 1.165) is 23.7 Å². The van der Waals surface area contributed by atoms with Gasteiger partial charge in [-0.15, -0.1) is 0 Å². The van der Waals surface area contributed by atoms with E-state index in [2.05, 4.69) is 9.97 Å². The molecule has 3 nitrogen and oxygen atoms in total. The summed E-state index contributed by atoms with van der Waals surface area (Å²) < 4.78 is 6.09. The molecule has 0 spiro atoms. The van der Waals surface area contributed by atoms with Crippen LogP contribution in [-0.2, 0) is 0 Å². The molecule has 0 saturated heterocycles. The lowest BCUT2D eigenvalue weighted by atomic mass is 10.1. The van der Waals surface area contributed by atoms with Crippen LogP contribution in [0.5, 0.6) is 5.88 Å². The van der Waals surface area contributed by atoms with Crippen molar-refractivity contribution in [2.75, 3.05) is 0 Å². The van der Waals surface area contributed by atoms with E-state index in [9.17, 15) is 0 Å². The average Bonchev–Trinajstić information content (AvgIpc) is 2.67. The fraction of sp³-hybridized carbons (Fsp3) is 0.467. The number of benzene rings is 1. The molecule has 3 rings (SSSR count). The first-order valence-corrected chi connectivity index (χ1v) is 7.30. The molecule has 0 radical (unpaired) electrons. The van der Waals surface area contributed by atoms with Crippen LogP contribution < -0.4 is 4.74 Å². The SMILES string of the molecule is Clc1nc(OC2CCCCCC2)c2ccccc2n1. The Morgan fingerprint density at radius 3 is 2.53 bits per heavy atom. The van der Waals surface area contributed by atoms with Crippen molar-refractivity contribution in [3.63, 3.8) is 0 Å². The van der Waals surface area contributed by atoms with Crippen molar-refractivity contribution < 1.29 is 4.74 Å². The summed E-state index contributed by atoms with van der Waals surface area (Å²) in [5.74, 6) is 0.627. The van der Waals surface area contributed by atoms with Gasteiger partial charge in [0.1, 0.15) is 6.10 Å². The molecule has 1 aromatic carbocycles. The van der Waals surface area contributed by atoms with Gasteiger partial charge < -0.3 is 4.74 Å². The maximum absolute atomic E-state index is 6.09. The first kappa shape index (κ1) is 12.7. The molecule has 1 fully saturated rings. The van der Waals surface area contributed by atoms with Crippen LogP contribution in [0.4, 0.5) is 0 Å². The smallest absolute Gasteiger partial charge is 0.226 e. The summed E-state index contributed by atoms with van der Waals surface area (Å²) in [5, 5.41) is 1.19. The number of ether oxygens (including phenoxy) is 1. The monoisotopic (exact) mass is 276 g/mol. The minimum atomic E-state index is 0.252. The van der Waals surface area contributed by atoms with Crippen LogP contribution in [-0.4, -0.2) is 16.1 Å². The Hall–Kier alpha value is -1.35. The molecular formula is C15H17ClN2O. The van der Waals surface area contributed by atoms with Gasteiger partial charge in [0.25, 0.3) is 0 Å². The van der Waals surface area contributed by atoms with Gasteiger partial charge in [0.2, 0.25) is 11.2 Å². The number of fused-ring (bicyclic) bond motifs is 1. The molecule has 4 heteroatoms. The molecule has 2 aromatic rings. The Morgan fingerprint density at radius 2 is 1.74 bits per heavy atom. The van der Waals surface area contributed by atoms with E-state index in [0.29, 0.717) is 5.88 Å². The van der Waals surface area contributed by atoms with Gasteiger partial charge in [0.15, 0.2) is 0 Å². The summed E-state index contributed by atoms with van der Waals surface area (Å²) in [6.45, 7) is 0. The standard InChI is InChI=1S/C15H17ClN2O/c16-15-17-13-10-6-5-9-12(13)14(18-15)19-11-7-3-1-2-4-8-11/h5-6,9-11H,1-4,7-8H2. The van der Waals surface area contributed by atoms with Gasteiger partial charge in [-0.1, -0.05) is 25.0 Å². The number of aromatic nitrogens is 2. The number of rotatable bonds is 2. The molecule has 19 heavy (non-hydrogen) atoms. The third-order valence-electron chi connectivity index (χ3n) is 3.62. The highest BCUT2D eigenvalue weighted by Gasteiger charge is 2.16. The molecule has 0 unspecified atom stereocenters. The Morgan fingerprint density at radius 1 is 1.00 bits per heavy atom. The summed E-state index contributed by atoms with van der Waals surface area (Å²) in [7, 11) is 0. The number of hydrogen-bond donors (Lipinski definition) is 0. The highest BCUT2D eigenvalue weighted by Crippen LogP contribution is 2.28. The largest absolute Gasteiger partial charge is 0.474 e. The van der Waals surface area contributed by atoms with Crippen LogP contribution >= 0.6 is 11.6 Å². The molecule has 0 amide bonds. The van der Waals surface area contributed by atoms with Crippen molar-refractivity contribution >= 4 is 22.5 Å². The topological polar surface area (TPSA) is 35.0 Å². The minimum Gasteiger partial charge on any atom is -0.474 e. The predicted molar refractivity (Wildman–Crippen MR) is 76.7 cm³/mol. The van der Waals surface area contributed by atoms with Crippen molar-refractivity contribution in [1.29, 1.82) is 0 Å². The van der Waals surface area contributed by atoms with Gasteiger partial charge in [0, 0.05) is 0 Å². The van der Waals surface area contributed by atoms with Gasteiger partial charge >= 0.3 is 0 Å². The maximum Gasteiger partial charge on any atom is 0.226 e. The lowest BCUT2D eigenvalue weighted by Gasteiger charge is -2.17. The van der Waals surface area contributed by atoms with E-state index in [4.69, 9.17) is 16.3 Å². The van der Waals surface area contributed by atoms with Crippen molar-refractivity contribution in [2.45, 2.75) is 44.6 Å². The number of halogens is 1. The molecule has 0 N–H and O–H groups in total. The fourth-order valence-corrected chi connectivity index (χ4v) is 2.80. The molecule has 100 valence electrons. The molecular weight excluding hydrogens is 260 g/mol. The average molecular weight is 277 g/mol. The molecule has 0 aliphatic heterocycles. The molecule has 1 aliphatic carbocycles. The van der Waals surface area contributed by atoms with Crippen LogP contribution in [0.3, 0.4) is 0 Å². The summed E-state index contributed by atoms with van der Waals surface area (Å²) in [4.78, 5) is 8.48. The molecule has 0 atom stereocenters. The third kappa shape index (κ3) is 2.98. The van der Waals surface area contributed by atoms with Gasteiger partial charge in [-0.05, 0) is 49.4 Å². The number of para-hydroxylation sites is 1. The van der Waals surface area contributed by atoms with Crippen LogP contribution in [0.25, 0.3) is 10.9 Å². The maximum atomic E-state index is 6.09.